The highest BCUT2D eigenvalue weighted by Crippen LogP contribution is 2.42. The number of rotatable bonds is 11. The van der Waals surface area contributed by atoms with Gasteiger partial charge < -0.3 is 20.5 Å². The van der Waals surface area contributed by atoms with Crippen molar-refractivity contribution < 1.29 is 27.9 Å². The van der Waals surface area contributed by atoms with Gasteiger partial charge in [-0.2, -0.15) is 0 Å². The van der Waals surface area contributed by atoms with Crippen LogP contribution < -0.4 is 15.4 Å². The van der Waals surface area contributed by atoms with Crippen LogP contribution in [0.25, 0.3) is 10.4 Å². The first-order valence-corrected chi connectivity index (χ1v) is 16.8. The Morgan fingerprint density at radius 3 is 2.39 bits per heavy atom. The molecule has 5 rings (SSSR count). The molecule has 3 aromatic carbocycles. The van der Waals surface area contributed by atoms with Crippen molar-refractivity contribution in [3.8, 4) is 16.2 Å². The molecule has 0 bridgehead atoms. The first-order chi connectivity index (χ1) is 21.1. The number of carbonyl (C=O) groups excluding carboxylic acids is 1. The average molecular weight is 634 g/mol. The van der Waals surface area contributed by atoms with Gasteiger partial charge in [-0.25, -0.2) is 17.5 Å². The van der Waals surface area contributed by atoms with Gasteiger partial charge in [0.05, 0.1) is 5.75 Å². The van der Waals surface area contributed by atoms with Crippen LogP contribution in [0.3, 0.4) is 0 Å². The molecule has 0 saturated carbocycles. The molecule has 44 heavy (non-hydrogen) atoms. The Bertz CT molecular complexity index is 1750. The number of benzene rings is 3. The van der Waals surface area contributed by atoms with Crippen molar-refractivity contribution >= 4 is 44.6 Å². The van der Waals surface area contributed by atoms with Crippen LogP contribution in [0.15, 0.2) is 78.9 Å². The number of nitrogens with one attached hydrogen (secondary N) is 2. The zero-order valence-corrected chi connectivity index (χ0v) is 26.2. The number of hydrogen-bond acceptors (Lipinski definition) is 7. The molecule has 0 atom stereocenters. The van der Waals surface area contributed by atoms with E-state index in [9.17, 15) is 23.1 Å². The van der Waals surface area contributed by atoms with Crippen LogP contribution >= 0.6 is 11.3 Å². The summed E-state index contributed by atoms with van der Waals surface area (Å²) in [6.07, 6.45) is 1.34. The summed E-state index contributed by atoms with van der Waals surface area (Å²) >= 11 is 1.11. The molecule has 0 spiro atoms. The van der Waals surface area contributed by atoms with Crippen molar-refractivity contribution in [2.75, 3.05) is 30.3 Å². The van der Waals surface area contributed by atoms with E-state index in [1.165, 1.54) is 0 Å². The zero-order valence-electron chi connectivity index (χ0n) is 24.6. The summed E-state index contributed by atoms with van der Waals surface area (Å²) in [5.74, 6) is -1.33. The Morgan fingerprint density at radius 1 is 0.977 bits per heavy atom. The third-order valence-electron chi connectivity index (χ3n) is 7.59. The van der Waals surface area contributed by atoms with Gasteiger partial charge in [0.1, 0.15) is 5.75 Å². The standard InChI is InChI=1S/C33H35N3O6S2/c1-22-9-6-7-14-28(22)35-29(37)20-42-30-23(2)31(43-32(30)33(38)39)25-12-8-13-27(19-25)34-26-15-17-36(18-16-26)44(40,41)21-24-10-4-3-5-11-24/h3-14,19,26,34H,15-18,20-21H2,1-2H3,(H,35,37)(H,38,39). The maximum Gasteiger partial charge on any atom is 0.349 e. The Labute approximate surface area is 261 Å². The van der Waals surface area contributed by atoms with Crippen molar-refractivity contribution in [1.82, 2.24) is 4.31 Å². The lowest BCUT2D eigenvalue weighted by atomic mass is 10.0. The smallest absolute Gasteiger partial charge is 0.349 e. The van der Waals surface area contributed by atoms with Gasteiger partial charge in [-0.1, -0.05) is 60.7 Å². The molecular formula is C33H35N3O6S2. The fourth-order valence-electron chi connectivity index (χ4n) is 5.27. The molecule has 0 unspecified atom stereocenters. The SMILES string of the molecule is Cc1ccccc1NC(=O)COc1c(C(=O)O)sc(-c2cccc(NC3CCN(S(=O)(=O)Cc4ccccc4)CC3)c2)c1C. The monoisotopic (exact) mass is 633 g/mol. The summed E-state index contributed by atoms with van der Waals surface area (Å²) in [5.41, 5.74) is 4.68. The lowest BCUT2D eigenvalue weighted by Gasteiger charge is -2.32. The summed E-state index contributed by atoms with van der Waals surface area (Å²) < 4.78 is 33.2. The number of anilines is 2. The van der Waals surface area contributed by atoms with Crippen LogP contribution in [0.5, 0.6) is 5.75 Å². The number of carboxylic acid groups (broad SMARTS) is 1. The van der Waals surface area contributed by atoms with Crippen LogP contribution in [-0.4, -0.2) is 55.4 Å². The molecule has 4 aromatic rings. The summed E-state index contributed by atoms with van der Waals surface area (Å²) in [6, 6.07) is 24.4. The van der Waals surface area contributed by atoms with Gasteiger partial charge >= 0.3 is 5.97 Å². The van der Waals surface area contributed by atoms with E-state index in [4.69, 9.17) is 4.74 Å². The van der Waals surface area contributed by atoms with E-state index >= 15 is 0 Å². The Kier molecular flexibility index (Phi) is 9.68. The number of sulfonamides is 1. The molecule has 2 heterocycles. The second-order valence-corrected chi connectivity index (χ2v) is 13.8. The van der Waals surface area contributed by atoms with E-state index < -0.39 is 16.0 Å². The predicted molar refractivity (Wildman–Crippen MR) is 174 cm³/mol. The van der Waals surface area contributed by atoms with Gasteiger partial charge in [0.25, 0.3) is 5.91 Å². The van der Waals surface area contributed by atoms with E-state index in [-0.39, 0.29) is 34.9 Å². The fraction of sp³-hybridized carbons (Fsp3) is 0.273. The van der Waals surface area contributed by atoms with Crippen LogP contribution in [-0.2, 0) is 20.6 Å². The summed E-state index contributed by atoms with van der Waals surface area (Å²) in [5, 5.41) is 16.2. The molecule has 1 aromatic heterocycles. The molecule has 1 saturated heterocycles. The summed E-state index contributed by atoms with van der Waals surface area (Å²) in [4.78, 5) is 25.4. The molecule has 3 N–H and O–H groups in total. The molecule has 1 aliphatic rings. The number of ether oxygens (including phenoxy) is 1. The normalized spacial score (nSPS) is 14.2. The van der Waals surface area contributed by atoms with Gasteiger partial charge in [0.15, 0.2) is 11.5 Å². The van der Waals surface area contributed by atoms with Crippen LogP contribution in [0.2, 0.25) is 0 Å². The second-order valence-electron chi connectivity index (χ2n) is 10.8. The molecular weight excluding hydrogens is 599 g/mol. The van der Waals surface area contributed by atoms with Crippen molar-refractivity contribution in [2.24, 2.45) is 0 Å². The number of aromatic carboxylic acids is 1. The quantitative estimate of drug-likeness (QED) is 0.181. The van der Waals surface area contributed by atoms with Crippen molar-refractivity contribution in [3.05, 3.63) is 100 Å². The van der Waals surface area contributed by atoms with Gasteiger partial charge in [0.2, 0.25) is 10.0 Å². The molecule has 230 valence electrons. The number of carboxylic acids is 1. The minimum Gasteiger partial charge on any atom is -0.482 e. The number of amides is 1. The van der Waals surface area contributed by atoms with Gasteiger partial charge in [-0.15, -0.1) is 11.3 Å². The van der Waals surface area contributed by atoms with E-state index in [2.05, 4.69) is 10.6 Å². The highest BCUT2D eigenvalue weighted by Gasteiger charge is 2.28. The lowest BCUT2D eigenvalue weighted by molar-refractivity contribution is -0.118. The maximum absolute atomic E-state index is 12.9. The minimum absolute atomic E-state index is 0.00442. The molecule has 11 heteroatoms. The maximum atomic E-state index is 12.9. The average Bonchev–Trinajstić information content (AvgIpc) is 3.34. The summed E-state index contributed by atoms with van der Waals surface area (Å²) in [6.45, 7) is 4.23. The van der Waals surface area contributed by atoms with Crippen LogP contribution in [0, 0.1) is 13.8 Å². The first kappa shape index (κ1) is 31.2. The number of piperidine rings is 1. The van der Waals surface area contributed by atoms with E-state index in [0.29, 0.717) is 37.2 Å². The third-order valence-corrected chi connectivity index (χ3v) is 10.7. The number of carbonyl (C=O) groups is 2. The highest BCUT2D eigenvalue weighted by atomic mass is 32.2. The number of para-hydroxylation sites is 1. The van der Waals surface area contributed by atoms with Crippen molar-refractivity contribution in [3.63, 3.8) is 0 Å². The molecule has 0 radical (unpaired) electrons. The molecule has 1 fully saturated rings. The van der Waals surface area contributed by atoms with Crippen molar-refractivity contribution in [2.45, 2.75) is 38.5 Å². The van der Waals surface area contributed by atoms with Crippen LogP contribution in [0.4, 0.5) is 11.4 Å². The van der Waals surface area contributed by atoms with Gasteiger partial charge in [0, 0.05) is 40.9 Å². The number of thiophene rings is 1. The number of aryl methyl sites for hydroxylation is 1. The van der Waals surface area contributed by atoms with E-state index in [1.54, 1.807) is 17.3 Å². The third kappa shape index (κ3) is 7.47. The molecule has 9 nitrogen and oxygen atoms in total. The number of nitrogens with zero attached hydrogens (tertiary/aromatic N) is 1. The predicted octanol–water partition coefficient (Wildman–Crippen LogP) is 6.15. The molecule has 1 amide bonds. The topological polar surface area (TPSA) is 125 Å². The lowest BCUT2D eigenvalue weighted by Crippen LogP contribution is -2.42. The van der Waals surface area contributed by atoms with Crippen molar-refractivity contribution in [1.29, 1.82) is 0 Å². The Morgan fingerprint density at radius 2 is 1.68 bits per heavy atom. The Hall–Kier alpha value is -4.19. The molecule has 0 aliphatic carbocycles. The fourth-order valence-corrected chi connectivity index (χ4v) is 7.92. The van der Waals surface area contributed by atoms with E-state index in [1.807, 2.05) is 79.7 Å². The Balaban J connectivity index is 1.23. The van der Waals surface area contributed by atoms with Gasteiger partial charge in [-0.05, 0) is 61.6 Å². The molecule has 1 aliphatic heterocycles. The van der Waals surface area contributed by atoms with E-state index in [0.717, 1.165) is 38.6 Å². The second kappa shape index (κ2) is 13.6. The summed E-state index contributed by atoms with van der Waals surface area (Å²) in [7, 11) is -3.40. The largest absolute Gasteiger partial charge is 0.482 e. The zero-order chi connectivity index (χ0) is 31.3. The van der Waals surface area contributed by atoms with Crippen LogP contribution in [0.1, 0.15) is 39.2 Å². The highest BCUT2D eigenvalue weighted by molar-refractivity contribution is 7.88. The number of hydrogen-bond donors (Lipinski definition) is 3. The minimum atomic E-state index is -3.40. The van der Waals surface area contributed by atoms with Gasteiger partial charge in [-0.3, -0.25) is 4.79 Å². The first-order valence-electron chi connectivity index (χ1n) is 14.3.